The molecule has 2 rings (SSSR count). The maximum absolute atomic E-state index is 10.2. The van der Waals surface area contributed by atoms with Gasteiger partial charge in [0.05, 0.1) is 18.3 Å². The normalized spacial score (nSPS) is 35.5. The Balaban J connectivity index is 2.01. The van der Waals surface area contributed by atoms with Crippen LogP contribution in [0.5, 0.6) is 0 Å². The lowest BCUT2D eigenvalue weighted by Crippen LogP contribution is -2.39. The van der Waals surface area contributed by atoms with Crippen LogP contribution in [0.15, 0.2) is 23.8 Å². The molecule has 0 amide bonds. The first-order valence-electron chi connectivity index (χ1n) is 11.4. The van der Waals surface area contributed by atoms with Gasteiger partial charge in [0.1, 0.15) is 0 Å². The van der Waals surface area contributed by atoms with Gasteiger partial charge in [0.25, 0.3) is 0 Å². The minimum atomic E-state index is -0.406. The van der Waals surface area contributed by atoms with Crippen LogP contribution in [-0.2, 0) is 0 Å². The Hall–Kier alpha value is -0.640. The van der Waals surface area contributed by atoms with E-state index in [4.69, 9.17) is 0 Å². The number of hydrogen-bond acceptors (Lipinski definition) is 3. The summed E-state index contributed by atoms with van der Waals surface area (Å²) in [5.74, 6) is 1.44. The van der Waals surface area contributed by atoms with E-state index in [1.165, 1.54) is 12.8 Å². The summed E-state index contributed by atoms with van der Waals surface area (Å²) in [6.45, 7) is 13.8. The Kier molecular flexibility index (Phi) is 7.98. The molecule has 2 fully saturated rings. The van der Waals surface area contributed by atoms with Crippen LogP contribution in [0.1, 0.15) is 86.5 Å². The molecule has 6 atom stereocenters. The molecule has 1 unspecified atom stereocenters. The lowest BCUT2D eigenvalue weighted by molar-refractivity contribution is 0.0277. The van der Waals surface area contributed by atoms with E-state index in [-0.39, 0.29) is 16.9 Å². The van der Waals surface area contributed by atoms with Crippen LogP contribution in [-0.4, -0.2) is 33.6 Å². The van der Waals surface area contributed by atoms with E-state index >= 15 is 0 Å². The molecule has 0 aromatic rings. The van der Waals surface area contributed by atoms with Gasteiger partial charge in [-0.3, -0.25) is 0 Å². The number of hydrogen-bond donors (Lipinski definition) is 3. The Morgan fingerprint density at radius 3 is 2.21 bits per heavy atom. The Morgan fingerprint density at radius 2 is 1.64 bits per heavy atom. The van der Waals surface area contributed by atoms with Crippen LogP contribution in [0, 0.1) is 28.6 Å². The highest BCUT2D eigenvalue weighted by molar-refractivity contribution is 5.19. The van der Waals surface area contributed by atoms with Gasteiger partial charge in [0.2, 0.25) is 0 Å². The second-order valence-corrected chi connectivity index (χ2v) is 10.7. The van der Waals surface area contributed by atoms with Crippen molar-refractivity contribution in [1.82, 2.24) is 0 Å². The predicted molar refractivity (Wildman–Crippen MR) is 117 cm³/mol. The number of aliphatic hydroxyl groups excluding tert-OH is 3. The summed E-state index contributed by atoms with van der Waals surface area (Å²) in [7, 11) is 0. The van der Waals surface area contributed by atoms with E-state index in [0.717, 1.165) is 18.4 Å². The second kappa shape index (κ2) is 9.45. The highest BCUT2D eigenvalue weighted by Gasteiger charge is 2.52. The molecule has 0 aliphatic heterocycles. The van der Waals surface area contributed by atoms with Gasteiger partial charge in [-0.05, 0) is 73.5 Å². The molecule has 0 aromatic heterocycles. The third-order valence-corrected chi connectivity index (χ3v) is 8.34. The minimum absolute atomic E-state index is 0.195. The zero-order chi connectivity index (χ0) is 21.1. The van der Waals surface area contributed by atoms with Gasteiger partial charge in [-0.1, -0.05) is 65.3 Å². The molecule has 0 aromatic carbocycles. The van der Waals surface area contributed by atoms with Crippen LogP contribution < -0.4 is 0 Å². The largest absolute Gasteiger partial charge is 0.393 e. The van der Waals surface area contributed by atoms with Crippen LogP contribution in [0.25, 0.3) is 0 Å². The maximum atomic E-state index is 10.2. The Morgan fingerprint density at radius 1 is 1.04 bits per heavy atom. The molecule has 3 nitrogen and oxygen atoms in total. The van der Waals surface area contributed by atoms with Crippen molar-refractivity contribution in [2.24, 2.45) is 28.6 Å². The topological polar surface area (TPSA) is 60.7 Å². The summed E-state index contributed by atoms with van der Waals surface area (Å²) in [4.78, 5) is 0. The number of aliphatic hydroxyl groups is 3. The van der Waals surface area contributed by atoms with E-state index < -0.39 is 12.2 Å². The Bertz CT molecular complexity index is 550. The van der Waals surface area contributed by atoms with Crippen molar-refractivity contribution in [2.75, 3.05) is 0 Å². The standard InChI is InChI=1S/C25H44O3/c1-17(2)23(28)11-10-18(3)25(6)13-12-20(24(25,4)5)9-7-8-19-14-21(26)16-22(27)15-19/h7-9,17-18,20-23,26-28H,10-16H2,1-6H3/t18-,20+,21+,22+,23+,25?/m0/s1. The quantitative estimate of drug-likeness (QED) is 0.554. The molecule has 28 heavy (non-hydrogen) atoms. The Labute approximate surface area is 172 Å². The summed E-state index contributed by atoms with van der Waals surface area (Å²) in [5, 5.41) is 29.9. The van der Waals surface area contributed by atoms with Gasteiger partial charge in [-0.25, -0.2) is 0 Å². The fourth-order valence-corrected chi connectivity index (χ4v) is 5.48. The van der Waals surface area contributed by atoms with E-state index in [1.807, 2.05) is 0 Å². The molecule has 2 aliphatic rings. The minimum Gasteiger partial charge on any atom is -0.393 e. The van der Waals surface area contributed by atoms with Crippen molar-refractivity contribution in [3.8, 4) is 0 Å². The van der Waals surface area contributed by atoms with E-state index in [2.05, 4.69) is 59.8 Å². The average Bonchev–Trinajstić information content (AvgIpc) is 2.82. The first kappa shape index (κ1) is 23.6. The van der Waals surface area contributed by atoms with Crippen LogP contribution in [0.2, 0.25) is 0 Å². The van der Waals surface area contributed by atoms with Gasteiger partial charge in [0, 0.05) is 0 Å². The summed E-state index contributed by atoms with van der Waals surface area (Å²) in [5.41, 5.74) is 1.62. The fourth-order valence-electron chi connectivity index (χ4n) is 5.48. The molecule has 3 heteroatoms. The van der Waals surface area contributed by atoms with Crippen LogP contribution in [0.4, 0.5) is 0 Å². The van der Waals surface area contributed by atoms with Crippen LogP contribution in [0.3, 0.4) is 0 Å². The van der Waals surface area contributed by atoms with Crippen molar-refractivity contribution >= 4 is 0 Å². The molecule has 0 radical (unpaired) electrons. The molecule has 0 bridgehead atoms. The predicted octanol–water partition coefficient (Wildman–Crippen LogP) is 5.25. The zero-order valence-electron chi connectivity index (χ0n) is 19.0. The SMILES string of the molecule is CC(C)[C@H](O)CC[C@H](C)C1(C)CC[C@@H](C=CC=C2C[C@@H](O)C[C@H](O)C2)C1(C)C. The molecule has 3 N–H and O–H groups in total. The average molecular weight is 393 g/mol. The van der Waals surface area contributed by atoms with E-state index in [9.17, 15) is 15.3 Å². The first-order valence-corrected chi connectivity index (χ1v) is 11.4. The molecule has 2 saturated carbocycles. The van der Waals surface area contributed by atoms with Gasteiger partial charge < -0.3 is 15.3 Å². The molecular weight excluding hydrogens is 348 g/mol. The summed E-state index contributed by atoms with van der Waals surface area (Å²) in [6, 6.07) is 0. The molecule has 0 heterocycles. The third-order valence-electron chi connectivity index (χ3n) is 8.34. The number of rotatable bonds is 7. The maximum Gasteiger partial charge on any atom is 0.0602 e. The first-order chi connectivity index (χ1) is 13.0. The van der Waals surface area contributed by atoms with Gasteiger partial charge in [-0.15, -0.1) is 0 Å². The molecular formula is C25H44O3. The van der Waals surface area contributed by atoms with E-state index in [0.29, 0.717) is 37.0 Å². The third kappa shape index (κ3) is 5.29. The van der Waals surface area contributed by atoms with Gasteiger partial charge in [-0.2, -0.15) is 0 Å². The summed E-state index contributed by atoms with van der Waals surface area (Å²) in [6.07, 6.45) is 11.9. The van der Waals surface area contributed by atoms with Crippen molar-refractivity contribution < 1.29 is 15.3 Å². The van der Waals surface area contributed by atoms with Crippen molar-refractivity contribution in [3.05, 3.63) is 23.8 Å². The monoisotopic (exact) mass is 392 g/mol. The second-order valence-electron chi connectivity index (χ2n) is 10.7. The van der Waals surface area contributed by atoms with E-state index in [1.54, 1.807) is 0 Å². The molecule has 0 saturated heterocycles. The summed E-state index contributed by atoms with van der Waals surface area (Å²) >= 11 is 0. The van der Waals surface area contributed by atoms with Gasteiger partial charge >= 0.3 is 0 Å². The fraction of sp³-hybridized carbons (Fsp3) is 0.840. The smallest absolute Gasteiger partial charge is 0.0602 e. The molecule has 2 aliphatic carbocycles. The zero-order valence-corrected chi connectivity index (χ0v) is 19.0. The number of allylic oxidation sites excluding steroid dienone is 3. The van der Waals surface area contributed by atoms with Crippen molar-refractivity contribution in [2.45, 2.75) is 105 Å². The lowest BCUT2D eigenvalue weighted by atomic mass is 9.59. The van der Waals surface area contributed by atoms with Crippen molar-refractivity contribution in [3.63, 3.8) is 0 Å². The highest BCUT2D eigenvalue weighted by atomic mass is 16.3. The highest BCUT2D eigenvalue weighted by Crippen LogP contribution is 2.60. The van der Waals surface area contributed by atoms with Gasteiger partial charge in [0.15, 0.2) is 0 Å². The molecule has 162 valence electrons. The van der Waals surface area contributed by atoms with Crippen molar-refractivity contribution in [1.29, 1.82) is 0 Å². The lowest BCUT2D eigenvalue weighted by Gasteiger charge is -2.46. The molecule has 0 spiro atoms. The van der Waals surface area contributed by atoms with Crippen LogP contribution >= 0.6 is 0 Å². The summed E-state index contributed by atoms with van der Waals surface area (Å²) < 4.78 is 0.